The van der Waals surface area contributed by atoms with Crippen molar-refractivity contribution in [3.05, 3.63) is 339 Å². The molecule has 0 heterocycles. The van der Waals surface area contributed by atoms with E-state index in [9.17, 15) is 0 Å². The van der Waals surface area contributed by atoms with Gasteiger partial charge in [-0.1, -0.05) is 255 Å². The minimum atomic E-state index is 1.22. The first-order valence-electron chi connectivity index (χ1n) is 27.6. The van der Waals surface area contributed by atoms with Gasteiger partial charge >= 0.3 is 0 Å². The van der Waals surface area contributed by atoms with Crippen molar-refractivity contribution in [1.82, 2.24) is 0 Å². The molecule has 0 amide bonds. The van der Waals surface area contributed by atoms with Crippen LogP contribution in [0, 0.1) is 13.8 Å². The molecule has 0 aliphatic rings. The first-order valence-corrected chi connectivity index (χ1v) is 27.6. The van der Waals surface area contributed by atoms with E-state index >= 15 is 0 Å². The third kappa shape index (κ3) is 11.9. The molecule has 0 saturated carbocycles. The van der Waals surface area contributed by atoms with Crippen LogP contribution in [0.2, 0.25) is 0 Å². The van der Waals surface area contributed by atoms with Crippen molar-refractivity contribution in [2.45, 2.75) is 13.8 Å². The summed E-state index contributed by atoms with van der Waals surface area (Å²) < 4.78 is 0. The number of hydrogen-bond acceptors (Lipinski definition) is 0. The van der Waals surface area contributed by atoms with Crippen LogP contribution in [0.5, 0.6) is 0 Å². The molecule has 13 aromatic rings. The van der Waals surface area contributed by atoms with Crippen molar-refractivity contribution >= 4 is 0 Å². The van der Waals surface area contributed by atoms with Gasteiger partial charge in [-0.2, -0.15) is 0 Å². The predicted molar refractivity (Wildman–Crippen MR) is 342 cm³/mol. The normalized spacial score (nSPS) is 10.9. The number of rotatable bonds is 11. The van der Waals surface area contributed by atoms with Crippen LogP contribution in [0.1, 0.15) is 11.1 Å². The Balaban J connectivity index is 0.000000161. The highest BCUT2D eigenvalue weighted by atomic mass is 14.2. The van der Waals surface area contributed by atoms with E-state index in [0.29, 0.717) is 0 Å². The van der Waals surface area contributed by atoms with Gasteiger partial charge in [-0.15, -0.1) is 0 Å². The van der Waals surface area contributed by atoms with Crippen LogP contribution in [0.15, 0.2) is 328 Å². The Labute approximate surface area is 472 Å². The average molecular weight is 1020 g/mol. The zero-order chi connectivity index (χ0) is 54.0. The second kappa shape index (κ2) is 23.6. The largest absolute Gasteiger partial charge is 0.0622 e. The summed E-state index contributed by atoms with van der Waals surface area (Å²) in [4.78, 5) is 0. The summed E-state index contributed by atoms with van der Waals surface area (Å²) in [5.74, 6) is 0. The zero-order valence-electron chi connectivity index (χ0n) is 45.2. The Hall–Kier alpha value is -10.1. The molecule has 0 N–H and O–H groups in total. The Morgan fingerprint density at radius 2 is 0.237 bits per heavy atom. The maximum absolute atomic E-state index is 2.35. The maximum atomic E-state index is 2.35. The fourth-order valence-corrected chi connectivity index (χ4v) is 10.9. The first-order chi connectivity index (χ1) is 39.4. The summed E-state index contributed by atoms with van der Waals surface area (Å²) >= 11 is 0. The molecule has 0 heteroatoms. The minimum absolute atomic E-state index is 1.22. The molecule has 0 spiro atoms. The van der Waals surface area contributed by atoms with E-state index in [4.69, 9.17) is 0 Å². The van der Waals surface area contributed by atoms with Crippen molar-refractivity contribution in [1.29, 1.82) is 0 Å². The molecule has 80 heavy (non-hydrogen) atoms. The summed E-state index contributed by atoms with van der Waals surface area (Å²) in [5, 5.41) is 0. The van der Waals surface area contributed by atoms with Gasteiger partial charge in [0.05, 0.1) is 0 Å². The molecule has 0 saturated heterocycles. The van der Waals surface area contributed by atoms with E-state index in [-0.39, 0.29) is 0 Å². The smallest absolute Gasteiger partial charge is 0.0171 e. The Bertz CT molecular complexity index is 3870. The number of hydrogen-bond donors (Lipinski definition) is 0. The molecule has 0 nitrogen and oxygen atoms in total. The van der Waals surface area contributed by atoms with E-state index in [1.54, 1.807) is 0 Å². The number of benzene rings is 13. The SMILES string of the molecule is Cc1cc(-c2cc(-c3ccccc3)cc(-c3ccccc3)c2)cc(-c2cc(-c3ccccc3)cc(-c3ccccc3)c2)c1.Cc1cc(-c2cccc(-c3ccccc3)c2)cc(-c2cc(-c3ccccc3)cc(-c3ccccc3)c2)c1. The molecule has 0 atom stereocenters. The minimum Gasteiger partial charge on any atom is -0.0622 e. The lowest BCUT2D eigenvalue weighted by Crippen LogP contribution is -1.90. The molecule has 0 radical (unpaired) electrons. The summed E-state index contributed by atoms with van der Waals surface area (Å²) in [6, 6.07) is 118. The van der Waals surface area contributed by atoms with Crippen molar-refractivity contribution in [2.75, 3.05) is 0 Å². The Morgan fingerprint density at radius 1 is 0.113 bits per heavy atom. The van der Waals surface area contributed by atoms with Crippen LogP contribution in [0.4, 0.5) is 0 Å². The summed E-state index contributed by atoms with van der Waals surface area (Å²) in [6.45, 7) is 4.39. The van der Waals surface area contributed by atoms with Gasteiger partial charge in [0.15, 0.2) is 0 Å². The van der Waals surface area contributed by atoms with Gasteiger partial charge in [0.25, 0.3) is 0 Å². The van der Waals surface area contributed by atoms with Crippen LogP contribution in [-0.4, -0.2) is 0 Å². The van der Waals surface area contributed by atoms with Crippen LogP contribution in [0.25, 0.3) is 122 Å². The highest BCUT2D eigenvalue weighted by Crippen LogP contribution is 2.40. The molecule has 0 fully saturated rings. The maximum Gasteiger partial charge on any atom is -0.0171 e. The lowest BCUT2D eigenvalue weighted by atomic mass is 9.89. The van der Waals surface area contributed by atoms with Crippen molar-refractivity contribution in [3.63, 3.8) is 0 Å². The third-order valence-corrected chi connectivity index (χ3v) is 14.9. The molecule has 0 unspecified atom stereocenters. The monoisotopic (exact) mass is 1020 g/mol. The van der Waals surface area contributed by atoms with E-state index in [0.717, 1.165) is 0 Å². The van der Waals surface area contributed by atoms with Crippen molar-refractivity contribution in [2.24, 2.45) is 0 Å². The van der Waals surface area contributed by atoms with Gasteiger partial charge in [-0.3, -0.25) is 0 Å². The van der Waals surface area contributed by atoms with Gasteiger partial charge in [-0.05, 0) is 220 Å². The lowest BCUT2D eigenvalue weighted by molar-refractivity contribution is 1.45. The lowest BCUT2D eigenvalue weighted by Gasteiger charge is -2.15. The van der Waals surface area contributed by atoms with Gasteiger partial charge in [0.1, 0.15) is 0 Å². The van der Waals surface area contributed by atoms with Crippen molar-refractivity contribution < 1.29 is 0 Å². The van der Waals surface area contributed by atoms with Gasteiger partial charge in [-0.25, -0.2) is 0 Å². The quantitative estimate of drug-likeness (QED) is 0.121. The topological polar surface area (TPSA) is 0 Å². The van der Waals surface area contributed by atoms with Crippen LogP contribution >= 0.6 is 0 Å². The second-order valence-corrected chi connectivity index (χ2v) is 20.7. The van der Waals surface area contributed by atoms with E-state index in [1.165, 1.54) is 134 Å². The highest BCUT2D eigenvalue weighted by molar-refractivity contribution is 5.87. The summed E-state index contributed by atoms with van der Waals surface area (Å²) in [6.07, 6.45) is 0. The van der Waals surface area contributed by atoms with E-state index < -0.39 is 0 Å². The molecular weight excluding hydrogens is 961 g/mol. The van der Waals surface area contributed by atoms with Crippen LogP contribution < -0.4 is 0 Å². The summed E-state index contributed by atoms with van der Waals surface area (Å²) in [5.41, 5.74) is 29.4. The highest BCUT2D eigenvalue weighted by Gasteiger charge is 2.14. The molecule has 380 valence electrons. The van der Waals surface area contributed by atoms with Crippen molar-refractivity contribution in [3.8, 4) is 122 Å². The zero-order valence-corrected chi connectivity index (χ0v) is 45.2. The summed E-state index contributed by atoms with van der Waals surface area (Å²) in [7, 11) is 0. The standard InChI is InChI=1S/C43H32.C37H28/c1-31-22-36(42-27-38(32-14-6-2-7-15-32)25-39(28-42)33-16-8-3-9-17-33)24-37(23-31)43-29-40(34-18-10-4-11-19-34)26-41(30-43)35-20-12-5-13-21-35;1-27-20-33(32-19-11-18-31(22-32)28-12-5-2-6-13-28)23-34(21-27)37-25-35(29-14-7-3-8-15-29)24-36(26-37)30-16-9-4-10-17-30/h2-30H,1H3;2-26H,1H3. The molecule has 0 aromatic heterocycles. The molecule has 0 aliphatic carbocycles. The van der Waals surface area contributed by atoms with Crippen LogP contribution in [-0.2, 0) is 0 Å². The van der Waals surface area contributed by atoms with Crippen LogP contribution in [0.3, 0.4) is 0 Å². The predicted octanol–water partition coefficient (Wildman–Crippen LogP) is 22.3. The average Bonchev–Trinajstić information content (AvgIpc) is 3.66. The Morgan fingerprint density at radius 3 is 0.450 bits per heavy atom. The number of aryl methyl sites for hydroxylation is 2. The third-order valence-electron chi connectivity index (χ3n) is 14.9. The molecule has 13 rings (SSSR count). The fraction of sp³-hybridized carbons (Fsp3) is 0.0250. The van der Waals surface area contributed by atoms with E-state index in [2.05, 4.69) is 341 Å². The molecular formula is C80H60. The molecule has 0 bridgehead atoms. The second-order valence-electron chi connectivity index (χ2n) is 20.7. The fourth-order valence-electron chi connectivity index (χ4n) is 10.9. The molecule has 13 aromatic carbocycles. The Kier molecular flexibility index (Phi) is 15.0. The molecule has 0 aliphatic heterocycles. The van der Waals surface area contributed by atoms with E-state index in [1.807, 2.05) is 0 Å². The van der Waals surface area contributed by atoms with Gasteiger partial charge < -0.3 is 0 Å². The first kappa shape index (κ1) is 50.7. The van der Waals surface area contributed by atoms with Gasteiger partial charge in [0, 0.05) is 0 Å². The van der Waals surface area contributed by atoms with Gasteiger partial charge in [0.2, 0.25) is 0 Å².